The van der Waals surface area contributed by atoms with Gasteiger partial charge in [0.05, 0.1) is 17.1 Å². The summed E-state index contributed by atoms with van der Waals surface area (Å²) in [7, 11) is 0. The number of fused-ring (bicyclic) bond motifs is 1. The summed E-state index contributed by atoms with van der Waals surface area (Å²) in [5.74, 6) is 1.31. The van der Waals surface area contributed by atoms with Gasteiger partial charge in [0.25, 0.3) is 5.91 Å². The Balaban J connectivity index is 1.79. The van der Waals surface area contributed by atoms with Crippen molar-refractivity contribution >= 4 is 22.8 Å². The molecule has 0 unspecified atom stereocenters. The third-order valence-corrected chi connectivity index (χ3v) is 4.67. The van der Waals surface area contributed by atoms with Crippen LogP contribution in [-0.4, -0.2) is 31.2 Å². The molecule has 0 aromatic carbocycles. The van der Waals surface area contributed by atoms with Crippen LogP contribution in [0.2, 0.25) is 0 Å². The second-order valence-corrected chi connectivity index (χ2v) is 7.31. The van der Waals surface area contributed by atoms with Gasteiger partial charge in [-0.25, -0.2) is 9.67 Å². The zero-order valence-corrected chi connectivity index (χ0v) is 14.8. The average molecular weight is 339 g/mol. The molecule has 7 heteroatoms. The molecule has 1 saturated carbocycles. The highest BCUT2D eigenvalue weighted by atomic mass is 16.3. The first-order chi connectivity index (χ1) is 11.9. The van der Waals surface area contributed by atoms with Crippen LogP contribution in [0.5, 0.6) is 0 Å². The Kier molecular flexibility index (Phi) is 3.42. The van der Waals surface area contributed by atoms with E-state index in [1.807, 2.05) is 6.92 Å². The van der Waals surface area contributed by atoms with E-state index in [-0.39, 0.29) is 11.4 Å². The largest absolute Gasteiger partial charge is 0.445 e. The number of nitrogens with zero attached hydrogens (tertiary/aromatic N) is 4. The molecule has 3 heterocycles. The van der Waals surface area contributed by atoms with Crippen LogP contribution >= 0.6 is 0 Å². The predicted molar refractivity (Wildman–Crippen MR) is 93.8 cm³/mol. The first-order valence-corrected chi connectivity index (χ1v) is 8.49. The number of nitrogens with one attached hydrogen (secondary N) is 1. The molecule has 1 fully saturated rings. The molecule has 1 N–H and O–H groups in total. The van der Waals surface area contributed by atoms with Crippen molar-refractivity contribution in [3.05, 3.63) is 35.6 Å². The molecule has 1 aliphatic carbocycles. The number of aryl methyl sites for hydroxylation is 1. The monoisotopic (exact) mass is 339 g/mol. The third kappa shape index (κ3) is 2.79. The Bertz CT molecular complexity index is 965. The zero-order valence-electron chi connectivity index (χ0n) is 14.8. The van der Waals surface area contributed by atoms with Gasteiger partial charge in [0.1, 0.15) is 17.9 Å². The third-order valence-electron chi connectivity index (χ3n) is 4.67. The van der Waals surface area contributed by atoms with Gasteiger partial charge in [-0.3, -0.25) is 4.79 Å². The molecule has 0 amide bonds. The molecule has 0 radical (unpaired) electrons. The van der Waals surface area contributed by atoms with E-state index in [0.29, 0.717) is 34.2 Å². The van der Waals surface area contributed by atoms with Crippen molar-refractivity contribution in [3.8, 4) is 0 Å². The minimum Gasteiger partial charge on any atom is -0.445 e. The van der Waals surface area contributed by atoms with Gasteiger partial charge in [-0.05, 0) is 38.2 Å². The van der Waals surface area contributed by atoms with Crippen LogP contribution in [0.25, 0.3) is 11.1 Å². The topological polar surface area (TPSA) is 85.8 Å². The van der Waals surface area contributed by atoms with Gasteiger partial charge in [-0.15, -0.1) is 0 Å². The summed E-state index contributed by atoms with van der Waals surface area (Å²) in [4.78, 5) is 21.8. The Morgan fingerprint density at radius 1 is 1.36 bits per heavy atom. The van der Waals surface area contributed by atoms with Gasteiger partial charge in [-0.1, -0.05) is 13.8 Å². The molecule has 0 saturated heterocycles. The minimum absolute atomic E-state index is 0.0296. The molecule has 0 bridgehead atoms. The molecule has 130 valence electrons. The van der Waals surface area contributed by atoms with E-state index < -0.39 is 0 Å². The van der Waals surface area contributed by atoms with Crippen LogP contribution in [0, 0.1) is 6.92 Å². The van der Waals surface area contributed by atoms with Crippen LogP contribution in [-0.2, 0) is 0 Å². The predicted octanol–water partition coefficient (Wildman–Crippen LogP) is 3.50. The number of carbonyl (C=O) groups excluding carboxylic acids is 1. The van der Waals surface area contributed by atoms with E-state index >= 15 is 0 Å². The summed E-state index contributed by atoms with van der Waals surface area (Å²) in [6.07, 6.45) is 7.08. The normalized spacial score (nSPS) is 15.7. The Morgan fingerprint density at radius 2 is 2.12 bits per heavy atom. The lowest BCUT2D eigenvalue weighted by atomic mass is 10.1. The van der Waals surface area contributed by atoms with E-state index in [4.69, 9.17) is 4.42 Å². The number of hydrogen-bond acceptors (Lipinski definition) is 6. The molecule has 0 atom stereocenters. The fraction of sp³-hybridized carbons (Fsp3) is 0.444. The second kappa shape index (κ2) is 5.40. The summed E-state index contributed by atoms with van der Waals surface area (Å²) < 4.78 is 6.90. The van der Waals surface area contributed by atoms with E-state index in [1.54, 1.807) is 12.4 Å². The Hall–Kier alpha value is -2.70. The molecule has 4 rings (SSSR count). The van der Waals surface area contributed by atoms with Gasteiger partial charge in [0.15, 0.2) is 0 Å². The molecular weight excluding hydrogens is 318 g/mol. The molecular formula is C18H21N5O2. The highest BCUT2D eigenvalue weighted by molar-refractivity contribution is 6.09. The zero-order chi connectivity index (χ0) is 17.8. The molecule has 3 aromatic rings. The van der Waals surface area contributed by atoms with Crippen LogP contribution < -0.4 is 5.32 Å². The summed E-state index contributed by atoms with van der Waals surface area (Å²) in [6.45, 7) is 8.08. The van der Waals surface area contributed by atoms with E-state index in [0.717, 1.165) is 18.4 Å². The lowest BCUT2D eigenvalue weighted by Crippen LogP contribution is -2.19. The molecule has 25 heavy (non-hydrogen) atoms. The van der Waals surface area contributed by atoms with Gasteiger partial charge < -0.3 is 9.73 Å². The number of rotatable bonds is 4. The van der Waals surface area contributed by atoms with Crippen LogP contribution in [0.1, 0.15) is 61.3 Å². The summed E-state index contributed by atoms with van der Waals surface area (Å²) >= 11 is 0. The Morgan fingerprint density at radius 3 is 2.76 bits per heavy atom. The number of hydrogen-bond donors (Lipinski definition) is 1. The average Bonchev–Trinajstić information content (AvgIpc) is 3.00. The number of anilines is 1. The van der Waals surface area contributed by atoms with Crippen molar-refractivity contribution in [1.29, 1.82) is 0 Å². The lowest BCUT2D eigenvalue weighted by Gasteiger charge is -2.13. The molecule has 3 aromatic heterocycles. The van der Waals surface area contributed by atoms with Crippen molar-refractivity contribution in [2.75, 3.05) is 5.32 Å². The van der Waals surface area contributed by atoms with E-state index in [2.05, 4.69) is 41.2 Å². The van der Waals surface area contributed by atoms with Crippen LogP contribution in [0.3, 0.4) is 0 Å². The highest BCUT2D eigenvalue weighted by Crippen LogP contribution is 2.40. The maximum atomic E-state index is 12.9. The fourth-order valence-corrected chi connectivity index (χ4v) is 2.76. The molecule has 0 aliphatic heterocycles. The number of carbonyl (C=O) groups is 1. The van der Waals surface area contributed by atoms with Crippen LogP contribution in [0.4, 0.5) is 5.82 Å². The molecule has 7 nitrogen and oxygen atoms in total. The SMILES string of the molecule is Cc1nc(NC2(C)CC2)c2c(C(=O)n3cc(C(C)C)cn3)coc2n1. The standard InChI is InChI=1S/C18H21N5O2/c1-10(2)12-7-19-23(8-12)17(24)13-9-25-16-14(13)15(20-11(3)21-16)22-18(4)5-6-18/h7-10H,5-6H2,1-4H3,(H,20,21,22). The van der Waals surface area contributed by atoms with Crippen molar-refractivity contribution < 1.29 is 9.21 Å². The van der Waals surface area contributed by atoms with Crippen molar-refractivity contribution in [2.45, 2.75) is 52.0 Å². The minimum atomic E-state index is -0.248. The van der Waals surface area contributed by atoms with Gasteiger partial charge in [0.2, 0.25) is 5.71 Å². The Labute approximate surface area is 145 Å². The lowest BCUT2D eigenvalue weighted by molar-refractivity contribution is 0.0946. The summed E-state index contributed by atoms with van der Waals surface area (Å²) in [5.41, 5.74) is 1.87. The fourth-order valence-electron chi connectivity index (χ4n) is 2.76. The number of furan rings is 1. The van der Waals surface area contributed by atoms with Crippen molar-refractivity contribution in [2.24, 2.45) is 0 Å². The van der Waals surface area contributed by atoms with E-state index in [9.17, 15) is 4.79 Å². The van der Waals surface area contributed by atoms with Crippen molar-refractivity contribution in [1.82, 2.24) is 19.7 Å². The smallest absolute Gasteiger partial charge is 0.282 e. The highest BCUT2D eigenvalue weighted by Gasteiger charge is 2.38. The summed E-state index contributed by atoms with van der Waals surface area (Å²) in [6, 6.07) is 0. The quantitative estimate of drug-likeness (QED) is 0.783. The van der Waals surface area contributed by atoms with Crippen molar-refractivity contribution in [3.63, 3.8) is 0 Å². The van der Waals surface area contributed by atoms with Crippen LogP contribution in [0.15, 0.2) is 23.1 Å². The van der Waals surface area contributed by atoms with Gasteiger partial charge >= 0.3 is 0 Å². The first kappa shape index (κ1) is 15.8. The van der Waals surface area contributed by atoms with E-state index in [1.165, 1.54) is 10.9 Å². The molecule has 1 aliphatic rings. The van der Waals surface area contributed by atoms with Gasteiger partial charge in [-0.2, -0.15) is 10.1 Å². The first-order valence-electron chi connectivity index (χ1n) is 8.49. The summed E-state index contributed by atoms with van der Waals surface area (Å²) in [5, 5.41) is 8.25. The molecule has 0 spiro atoms. The van der Waals surface area contributed by atoms with Gasteiger partial charge in [0, 0.05) is 11.7 Å². The number of aromatic nitrogens is 4. The maximum Gasteiger partial charge on any atom is 0.282 e. The second-order valence-electron chi connectivity index (χ2n) is 7.31. The maximum absolute atomic E-state index is 12.9.